The van der Waals surface area contributed by atoms with Crippen molar-refractivity contribution < 1.29 is 0 Å². The summed E-state index contributed by atoms with van der Waals surface area (Å²) in [6.07, 6.45) is 0. The Hall–Kier alpha value is -1.18. The molecule has 1 atom stereocenters. The third kappa shape index (κ3) is 3.16. The average molecular weight is 220 g/mol. The fraction of sp³-hybridized carbons (Fsp3) is 0.571. The van der Waals surface area contributed by atoms with Crippen molar-refractivity contribution in [3.8, 4) is 0 Å². The summed E-state index contributed by atoms with van der Waals surface area (Å²) in [7, 11) is 0. The molecule has 0 heterocycles. The van der Waals surface area contributed by atoms with Crippen LogP contribution in [0.1, 0.15) is 33.3 Å². The number of hydrogen-bond donors (Lipinski definition) is 2. The molecule has 0 amide bonds. The molecule has 1 unspecified atom stereocenters. The number of aryl methyl sites for hydroxylation is 1. The van der Waals surface area contributed by atoms with Gasteiger partial charge in [0.25, 0.3) is 0 Å². The van der Waals surface area contributed by atoms with Crippen molar-refractivity contribution in [1.29, 1.82) is 0 Å². The standard InChI is InChI=1S/C14H24N2/c1-10-7-6-8-12(15)13(10)16-9-11(2)14(3,4)5/h6-8,11,16H,9,15H2,1-5H3. The molecule has 0 radical (unpaired) electrons. The molecule has 1 rings (SSSR count). The molecule has 1 aromatic rings. The molecule has 0 bridgehead atoms. The third-order valence-corrected chi connectivity index (χ3v) is 3.37. The first-order chi connectivity index (χ1) is 7.32. The summed E-state index contributed by atoms with van der Waals surface area (Å²) in [4.78, 5) is 0. The van der Waals surface area contributed by atoms with Crippen LogP contribution in [0.15, 0.2) is 18.2 Å². The molecule has 1 aromatic carbocycles. The van der Waals surface area contributed by atoms with Crippen molar-refractivity contribution >= 4 is 11.4 Å². The lowest BCUT2D eigenvalue weighted by atomic mass is 9.82. The first kappa shape index (κ1) is 12.9. The molecule has 0 aliphatic carbocycles. The lowest BCUT2D eigenvalue weighted by Crippen LogP contribution is -2.25. The van der Waals surface area contributed by atoms with Crippen molar-refractivity contribution in [1.82, 2.24) is 0 Å². The third-order valence-electron chi connectivity index (χ3n) is 3.37. The summed E-state index contributed by atoms with van der Waals surface area (Å²) in [5.41, 5.74) is 9.40. The van der Waals surface area contributed by atoms with Crippen molar-refractivity contribution in [3.05, 3.63) is 23.8 Å². The highest BCUT2D eigenvalue weighted by Gasteiger charge is 2.19. The maximum atomic E-state index is 5.95. The Morgan fingerprint density at radius 1 is 1.31 bits per heavy atom. The van der Waals surface area contributed by atoms with Crippen LogP contribution in [0.4, 0.5) is 11.4 Å². The topological polar surface area (TPSA) is 38.0 Å². The van der Waals surface area contributed by atoms with E-state index in [4.69, 9.17) is 5.73 Å². The quantitative estimate of drug-likeness (QED) is 0.763. The van der Waals surface area contributed by atoms with E-state index in [1.165, 1.54) is 5.56 Å². The molecule has 0 aliphatic rings. The van der Waals surface area contributed by atoms with Gasteiger partial charge in [0.1, 0.15) is 0 Å². The van der Waals surface area contributed by atoms with Crippen molar-refractivity contribution in [2.45, 2.75) is 34.6 Å². The van der Waals surface area contributed by atoms with Crippen molar-refractivity contribution in [3.63, 3.8) is 0 Å². The summed E-state index contributed by atoms with van der Waals surface area (Å²) >= 11 is 0. The van der Waals surface area contributed by atoms with Crippen LogP contribution in [-0.2, 0) is 0 Å². The van der Waals surface area contributed by atoms with Gasteiger partial charge in [0.15, 0.2) is 0 Å². The van der Waals surface area contributed by atoms with E-state index in [1.807, 2.05) is 12.1 Å². The zero-order valence-corrected chi connectivity index (χ0v) is 11.1. The first-order valence-corrected chi connectivity index (χ1v) is 5.91. The summed E-state index contributed by atoms with van der Waals surface area (Å²) in [6, 6.07) is 6.01. The minimum absolute atomic E-state index is 0.324. The van der Waals surface area contributed by atoms with Crippen LogP contribution in [0.2, 0.25) is 0 Å². The summed E-state index contributed by atoms with van der Waals surface area (Å²) in [6.45, 7) is 12.1. The Morgan fingerprint density at radius 3 is 2.44 bits per heavy atom. The average Bonchev–Trinajstić information content (AvgIpc) is 2.15. The highest BCUT2D eigenvalue weighted by atomic mass is 14.9. The van der Waals surface area contributed by atoms with E-state index in [2.05, 4.69) is 46.0 Å². The predicted molar refractivity (Wildman–Crippen MR) is 72.7 cm³/mol. The van der Waals surface area contributed by atoms with Gasteiger partial charge >= 0.3 is 0 Å². The Labute approximate surface area is 99.2 Å². The zero-order valence-electron chi connectivity index (χ0n) is 11.1. The molecule has 2 nitrogen and oxygen atoms in total. The minimum Gasteiger partial charge on any atom is -0.397 e. The second kappa shape index (κ2) is 4.77. The van der Waals surface area contributed by atoms with Crippen LogP contribution in [0, 0.1) is 18.3 Å². The fourth-order valence-electron chi connectivity index (χ4n) is 1.49. The van der Waals surface area contributed by atoms with Gasteiger partial charge < -0.3 is 11.1 Å². The van der Waals surface area contributed by atoms with Gasteiger partial charge in [-0.1, -0.05) is 39.8 Å². The highest BCUT2D eigenvalue weighted by Crippen LogP contribution is 2.28. The number of hydrogen-bond acceptors (Lipinski definition) is 2. The van der Waals surface area contributed by atoms with Crippen LogP contribution in [0.5, 0.6) is 0 Å². The lowest BCUT2D eigenvalue weighted by Gasteiger charge is -2.28. The van der Waals surface area contributed by atoms with Gasteiger partial charge in [-0.15, -0.1) is 0 Å². The van der Waals surface area contributed by atoms with E-state index < -0.39 is 0 Å². The highest BCUT2D eigenvalue weighted by molar-refractivity contribution is 5.69. The minimum atomic E-state index is 0.324. The molecule has 0 aliphatic heterocycles. The molecule has 3 N–H and O–H groups in total. The Bertz CT molecular complexity index is 330. The van der Waals surface area contributed by atoms with E-state index in [-0.39, 0.29) is 0 Å². The Balaban J connectivity index is 2.69. The molecule has 0 fully saturated rings. The summed E-state index contributed by atoms with van der Waals surface area (Å²) in [5, 5.41) is 3.46. The number of rotatable bonds is 3. The van der Waals surface area contributed by atoms with E-state index in [0.29, 0.717) is 11.3 Å². The van der Waals surface area contributed by atoms with E-state index in [1.54, 1.807) is 0 Å². The molecule has 0 aromatic heterocycles. The number of anilines is 2. The van der Waals surface area contributed by atoms with Crippen LogP contribution < -0.4 is 11.1 Å². The maximum absolute atomic E-state index is 5.95. The number of nitrogens with two attached hydrogens (primary N) is 1. The van der Waals surface area contributed by atoms with Crippen molar-refractivity contribution in [2.24, 2.45) is 11.3 Å². The van der Waals surface area contributed by atoms with E-state index >= 15 is 0 Å². The van der Waals surface area contributed by atoms with Gasteiger partial charge in [-0.05, 0) is 29.9 Å². The summed E-state index contributed by atoms with van der Waals surface area (Å²) in [5.74, 6) is 0.603. The smallest absolute Gasteiger partial charge is 0.0603 e. The fourth-order valence-corrected chi connectivity index (χ4v) is 1.49. The molecule has 90 valence electrons. The maximum Gasteiger partial charge on any atom is 0.0603 e. The monoisotopic (exact) mass is 220 g/mol. The molecule has 16 heavy (non-hydrogen) atoms. The molecular weight excluding hydrogens is 196 g/mol. The summed E-state index contributed by atoms with van der Waals surface area (Å²) < 4.78 is 0. The van der Waals surface area contributed by atoms with Gasteiger partial charge in [-0.25, -0.2) is 0 Å². The van der Waals surface area contributed by atoms with Crippen LogP contribution in [0.25, 0.3) is 0 Å². The van der Waals surface area contributed by atoms with Gasteiger partial charge in [-0.3, -0.25) is 0 Å². The van der Waals surface area contributed by atoms with Crippen LogP contribution in [0.3, 0.4) is 0 Å². The molecule has 0 spiro atoms. The predicted octanol–water partition coefficient (Wildman–Crippen LogP) is 3.67. The van der Waals surface area contributed by atoms with Gasteiger partial charge in [0.05, 0.1) is 11.4 Å². The van der Waals surface area contributed by atoms with Gasteiger partial charge in [0, 0.05) is 6.54 Å². The number of para-hydroxylation sites is 1. The Morgan fingerprint density at radius 2 is 1.94 bits per heavy atom. The lowest BCUT2D eigenvalue weighted by molar-refractivity contribution is 0.274. The largest absolute Gasteiger partial charge is 0.397 e. The Kier molecular flexibility index (Phi) is 3.84. The zero-order chi connectivity index (χ0) is 12.3. The normalized spacial score (nSPS) is 13.6. The van der Waals surface area contributed by atoms with Gasteiger partial charge in [0.2, 0.25) is 0 Å². The molecule has 0 saturated carbocycles. The van der Waals surface area contributed by atoms with Gasteiger partial charge in [-0.2, -0.15) is 0 Å². The first-order valence-electron chi connectivity index (χ1n) is 5.91. The van der Waals surface area contributed by atoms with E-state index in [0.717, 1.165) is 17.9 Å². The van der Waals surface area contributed by atoms with E-state index in [9.17, 15) is 0 Å². The number of nitrogens with one attached hydrogen (secondary N) is 1. The van der Waals surface area contributed by atoms with Crippen LogP contribution in [-0.4, -0.2) is 6.54 Å². The molecular formula is C14H24N2. The molecule has 0 saturated heterocycles. The second-order valence-corrected chi connectivity index (χ2v) is 5.69. The van der Waals surface area contributed by atoms with Crippen LogP contribution >= 0.6 is 0 Å². The number of benzene rings is 1. The second-order valence-electron chi connectivity index (χ2n) is 5.69. The number of nitrogen functional groups attached to an aromatic ring is 1. The SMILES string of the molecule is Cc1cccc(N)c1NCC(C)C(C)(C)C. The van der Waals surface area contributed by atoms with Crippen molar-refractivity contribution in [2.75, 3.05) is 17.6 Å². The molecule has 2 heteroatoms.